The quantitative estimate of drug-likeness (QED) is 0.899. The lowest BCUT2D eigenvalue weighted by molar-refractivity contribution is 0.0615. The Morgan fingerprint density at radius 1 is 1.09 bits per heavy atom. The fourth-order valence-electron chi connectivity index (χ4n) is 3.37. The average molecular weight is 318 g/mol. The maximum atomic E-state index is 12.5. The molecule has 1 saturated heterocycles. The molecule has 1 amide bonds. The normalized spacial score (nSPS) is 20.0. The summed E-state index contributed by atoms with van der Waals surface area (Å²) in [5.74, 6) is 0.947. The van der Waals surface area contributed by atoms with Crippen LogP contribution in [-0.4, -0.2) is 66.2 Å². The molecule has 1 aromatic rings. The molecule has 1 saturated carbocycles. The third kappa shape index (κ3) is 4.24. The van der Waals surface area contributed by atoms with Gasteiger partial charge in [-0.25, -0.2) is 0 Å². The van der Waals surface area contributed by atoms with E-state index in [1.54, 1.807) is 0 Å². The topological polar surface area (TPSA) is 53.0 Å². The highest BCUT2D eigenvalue weighted by Gasteiger charge is 2.22. The van der Waals surface area contributed by atoms with Gasteiger partial charge in [0.15, 0.2) is 0 Å². The van der Waals surface area contributed by atoms with E-state index in [2.05, 4.69) is 4.90 Å². The maximum absolute atomic E-state index is 12.5. The molecule has 1 aliphatic carbocycles. The first-order valence-corrected chi connectivity index (χ1v) is 8.65. The number of amides is 1. The zero-order valence-corrected chi connectivity index (χ0v) is 13.6. The van der Waals surface area contributed by atoms with Gasteiger partial charge in [-0.15, -0.1) is 0 Å². The van der Waals surface area contributed by atoms with Crippen molar-refractivity contribution in [1.29, 1.82) is 0 Å². The van der Waals surface area contributed by atoms with Gasteiger partial charge in [0, 0.05) is 38.3 Å². The highest BCUT2D eigenvalue weighted by atomic mass is 16.5. The van der Waals surface area contributed by atoms with E-state index in [-0.39, 0.29) is 12.5 Å². The van der Waals surface area contributed by atoms with E-state index in [9.17, 15) is 4.79 Å². The minimum absolute atomic E-state index is 0.0843. The number of nitrogens with zero attached hydrogens (tertiary/aromatic N) is 2. The molecule has 3 rings (SSSR count). The summed E-state index contributed by atoms with van der Waals surface area (Å²) in [5.41, 5.74) is 0.722. The molecule has 1 aromatic carbocycles. The molecular formula is C18H26N2O3. The summed E-state index contributed by atoms with van der Waals surface area (Å²) in [6, 6.07) is 7.56. The fraction of sp³-hybridized carbons (Fsp3) is 0.611. The van der Waals surface area contributed by atoms with Gasteiger partial charge in [0.1, 0.15) is 5.75 Å². The van der Waals surface area contributed by atoms with Crippen molar-refractivity contribution >= 4 is 5.91 Å². The summed E-state index contributed by atoms with van der Waals surface area (Å²) in [6.07, 6.45) is 5.13. The van der Waals surface area contributed by atoms with Crippen LogP contribution in [0.3, 0.4) is 0 Å². The van der Waals surface area contributed by atoms with Crippen LogP contribution in [0.25, 0.3) is 0 Å². The van der Waals surface area contributed by atoms with Gasteiger partial charge in [0.2, 0.25) is 0 Å². The summed E-state index contributed by atoms with van der Waals surface area (Å²) in [6.45, 7) is 3.97. The first-order chi connectivity index (χ1) is 11.3. The Morgan fingerprint density at radius 3 is 2.35 bits per heavy atom. The summed E-state index contributed by atoms with van der Waals surface area (Å²) in [7, 11) is 0. The Hall–Kier alpha value is -1.59. The smallest absolute Gasteiger partial charge is 0.253 e. The second-order valence-corrected chi connectivity index (χ2v) is 6.41. The molecule has 5 nitrogen and oxygen atoms in total. The highest BCUT2D eigenvalue weighted by molar-refractivity contribution is 5.94. The molecule has 0 radical (unpaired) electrons. The van der Waals surface area contributed by atoms with Crippen LogP contribution in [-0.2, 0) is 0 Å². The van der Waals surface area contributed by atoms with Crippen LogP contribution in [0.2, 0.25) is 0 Å². The highest BCUT2D eigenvalue weighted by Crippen LogP contribution is 2.24. The van der Waals surface area contributed by atoms with Crippen molar-refractivity contribution in [2.24, 2.45) is 0 Å². The van der Waals surface area contributed by atoms with Gasteiger partial charge in [-0.05, 0) is 49.9 Å². The number of hydrogen-bond donors (Lipinski definition) is 1. The molecule has 0 spiro atoms. The minimum Gasteiger partial charge on any atom is -0.490 e. The SMILES string of the molecule is O=C(c1ccc(OC2CCCC2)cc1)N1CCN(CCO)CC1. The molecule has 126 valence electrons. The van der Waals surface area contributed by atoms with Crippen LogP contribution in [0.1, 0.15) is 36.0 Å². The van der Waals surface area contributed by atoms with E-state index in [0.29, 0.717) is 12.6 Å². The minimum atomic E-state index is 0.0843. The lowest BCUT2D eigenvalue weighted by Crippen LogP contribution is -2.49. The number of piperazine rings is 1. The Labute approximate surface area is 137 Å². The molecule has 2 fully saturated rings. The van der Waals surface area contributed by atoms with Crippen molar-refractivity contribution in [1.82, 2.24) is 9.80 Å². The number of carbonyl (C=O) groups excluding carboxylic acids is 1. The average Bonchev–Trinajstić information content (AvgIpc) is 3.09. The third-order valence-electron chi connectivity index (χ3n) is 4.78. The second-order valence-electron chi connectivity index (χ2n) is 6.41. The molecule has 23 heavy (non-hydrogen) atoms. The van der Waals surface area contributed by atoms with E-state index in [1.807, 2.05) is 29.2 Å². The van der Waals surface area contributed by atoms with Crippen LogP contribution >= 0.6 is 0 Å². The molecule has 1 N–H and O–H groups in total. The van der Waals surface area contributed by atoms with Crippen LogP contribution < -0.4 is 4.74 Å². The predicted molar refractivity (Wildman–Crippen MR) is 88.8 cm³/mol. The Kier molecular flexibility index (Phi) is 5.51. The van der Waals surface area contributed by atoms with E-state index < -0.39 is 0 Å². The molecule has 0 bridgehead atoms. The molecule has 5 heteroatoms. The van der Waals surface area contributed by atoms with Crippen molar-refractivity contribution in [2.45, 2.75) is 31.8 Å². The third-order valence-corrected chi connectivity index (χ3v) is 4.78. The monoisotopic (exact) mass is 318 g/mol. The van der Waals surface area contributed by atoms with Crippen LogP contribution in [0.5, 0.6) is 5.75 Å². The van der Waals surface area contributed by atoms with Crippen molar-refractivity contribution in [3.63, 3.8) is 0 Å². The summed E-state index contributed by atoms with van der Waals surface area (Å²) >= 11 is 0. The van der Waals surface area contributed by atoms with Crippen LogP contribution in [0.15, 0.2) is 24.3 Å². The van der Waals surface area contributed by atoms with Crippen molar-refractivity contribution in [3.05, 3.63) is 29.8 Å². The molecule has 0 atom stereocenters. The van der Waals surface area contributed by atoms with Gasteiger partial charge >= 0.3 is 0 Å². The zero-order chi connectivity index (χ0) is 16.1. The van der Waals surface area contributed by atoms with E-state index in [4.69, 9.17) is 9.84 Å². The van der Waals surface area contributed by atoms with E-state index in [1.165, 1.54) is 12.8 Å². The fourth-order valence-corrected chi connectivity index (χ4v) is 3.37. The number of hydrogen-bond acceptors (Lipinski definition) is 4. The molecule has 1 heterocycles. The standard InChI is InChI=1S/C18H26N2O3/c21-14-13-19-9-11-20(12-10-19)18(22)15-5-7-17(8-6-15)23-16-3-1-2-4-16/h5-8,16,21H,1-4,9-14H2. The van der Waals surface area contributed by atoms with Crippen molar-refractivity contribution < 1.29 is 14.6 Å². The molecular weight excluding hydrogens is 292 g/mol. The first-order valence-electron chi connectivity index (χ1n) is 8.65. The van der Waals surface area contributed by atoms with Gasteiger partial charge in [-0.1, -0.05) is 0 Å². The van der Waals surface area contributed by atoms with E-state index >= 15 is 0 Å². The molecule has 0 unspecified atom stereocenters. The lowest BCUT2D eigenvalue weighted by Gasteiger charge is -2.34. The maximum Gasteiger partial charge on any atom is 0.253 e. The molecule has 2 aliphatic rings. The zero-order valence-electron chi connectivity index (χ0n) is 13.6. The van der Waals surface area contributed by atoms with Gasteiger partial charge in [0.25, 0.3) is 5.91 Å². The molecule has 1 aliphatic heterocycles. The lowest BCUT2D eigenvalue weighted by atomic mass is 10.1. The number of ether oxygens (including phenoxy) is 1. The molecule has 0 aromatic heterocycles. The first kappa shape index (κ1) is 16.3. The number of β-amino-alcohol motifs (C(OH)–C–C–N with tert-alkyl or cyclic N) is 1. The number of aliphatic hydroxyl groups excluding tert-OH is 1. The number of rotatable bonds is 5. The van der Waals surface area contributed by atoms with Crippen LogP contribution in [0, 0.1) is 0 Å². The van der Waals surface area contributed by atoms with Crippen molar-refractivity contribution in [3.8, 4) is 5.75 Å². The van der Waals surface area contributed by atoms with Crippen molar-refractivity contribution in [2.75, 3.05) is 39.3 Å². The Bertz CT molecular complexity index is 504. The number of aliphatic hydroxyl groups is 1. The van der Waals surface area contributed by atoms with Gasteiger partial charge in [-0.3, -0.25) is 9.69 Å². The predicted octanol–water partition coefficient (Wildman–Crippen LogP) is 1.76. The van der Waals surface area contributed by atoms with Gasteiger partial charge < -0.3 is 14.7 Å². The second kappa shape index (κ2) is 7.79. The van der Waals surface area contributed by atoms with Gasteiger partial charge in [0.05, 0.1) is 12.7 Å². The Balaban J connectivity index is 1.53. The summed E-state index contributed by atoms with van der Waals surface area (Å²) in [5, 5.41) is 8.97. The Morgan fingerprint density at radius 2 is 1.74 bits per heavy atom. The number of benzene rings is 1. The largest absolute Gasteiger partial charge is 0.490 e. The van der Waals surface area contributed by atoms with Crippen LogP contribution in [0.4, 0.5) is 0 Å². The number of carbonyl (C=O) groups is 1. The summed E-state index contributed by atoms with van der Waals surface area (Å²) in [4.78, 5) is 16.6. The van der Waals surface area contributed by atoms with Gasteiger partial charge in [-0.2, -0.15) is 0 Å². The van der Waals surface area contributed by atoms with E-state index in [0.717, 1.165) is 50.3 Å². The summed E-state index contributed by atoms with van der Waals surface area (Å²) < 4.78 is 5.94.